The number of nitrogens with one attached hydrogen (secondary N) is 1. The van der Waals surface area contributed by atoms with E-state index in [2.05, 4.69) is 50.2 Å². The van der Waals surface area contributed by atoms with Crippen molar-refractivity contribution < 1.29 is 4.74 Å². The van der Waals surface area contributed by atoms with Gasteiger partial charge in [0.15, 0.2) is 0 Å². The molecular formula is C17H30N2O. The van der Waals surface area contributed by atoms with Crippen molar-refractivity contribution in [1.29, 1.82) is 0 Å². The summed E-state index contributed by atoms with van der Waals surface area (Å²) in [6, 6.07) is 9.33. The van der Waals surface area contributed by atoms with E-state index in [-0.39, 0.29) is 0 Å². The van der Waals surface area contributed by atoms with Crippen molar-refractivity contribution in [2.45, 2.75) is 39.3 Å². The minimum atomic E-state index is 0.487. The highest BCUT2D eigenvalue weighted by Crippen LogP contribution is 2.21. The Hall–Kier alpha value is -1.06. The smallest absolute Gasteiger partial charge is 0.122 e. The minimum Gasteiger partial charge on any atom is -0.496 e. The first-order chi connectivity index (χ1) is 9.51. The quantitative estimate of drug-likeness (QED) is 0.791. The molecule has 0 aliphatic carbocycles. The van der Waals surface area contributed by atoms with Crippen LogP contribution in [-0.4, -0.2) is 44.7 Å². The number of ether oxygens (including phenoxy) is 1. The Kier molecular flexibility index (Phi) is 7.03. The Labute approximate surface area is 124 Å². The highest BCUT2D eigenvalue weighted by atomic mass is 16.5. The number of methoxy groups -OCH3 is 1. The maximum absolute atomic E-state index is 5.44. The molecule has 0 amide bonds. The Bertz CT molecular complexity index is 394. The van der Waals surface area contributed by atoms with Gasteiger partial charge in [-0.05, 0) is 58.5 Å². The van der Waals surface area contributed by atoms with Crippen molar-refractivity contribution in [3.8, 4) is 5.75 Å². The molecule has 0 radical (unpaired) electrons. The zero-order chi connectivity index (χ0) is 15.1. The van der Waals surface area contributed by atoms with Crippen LogP contribution in [0.25, 0.3) is 0 Å². The highest BCUT2D eigenvalue weighted by Gasteiger charge is 2.21. The molecule has 0 spiro atoms. The molecule has 0 fully saturated rings. The van der Waals surface area contributed by atoms with E-state index in [9.17, 15) is 0 Å². The van der Waals surface area contributed by atoms with Gasteiger partial charge in [0.2, 0.25) is 0 Å². The summed E-state index contributed by atoms with van der Waals surface area (Å²) >= 11 is 0. The number of nitrogens with zero attached hydrogens (tertiary/aromatic N) is 1. The fourth-order valence-electron chi connectivity index (χ4n) is 2.63. The van der Waals surface area contributed by atoms with Crippen LogP contribution >= 0.6 is 0 Å². The molecular weight excluding hydrogens is 248 g/mol. The molecule has 0 bridgehead atoms. The molecule has 1 N–H and O–H groups in total. The van der Waals surface area contributed by atoms with Gasteiger partial charge in [-0.3, -0.25) is 0 Å². The van der Waals surface area contributed by atoms with Crippen molar-refractivity contribution in [2.24, 2.45) is 5.92 Å². The second kappa shape index (κ2) is 8.28. The van der Waals surface area contributed by atoms with Gasteiger partial charge in [-0.1, -0.05) is 25.1 Å². The summed E-state index contributed by atoms with van der Waals surface area (Å²) in [6.45, 7) is 7.94. The van der Waals surface area contributed by atoms with Gasteiger partial charge < -0.3 is 15.0 Å². The van der Waals surface area contributed by atoms with Crippen LogP contribution in [0.2, 0.25) is 0 Å². The lowest BCUT2D eigenvalue weighted by Crippen LogP contribution is -2.43. The fourth-order valence-corrected chi connectivity index (χ4v) is 2.63. The van der Waals surface area contributed by atoms with E-state index in [1.807, 2.05) is 19.2 Å². The third-order valence-electron chi connectivity index (χ3n) is 4.40. The normalized spacial score (nSPS) is 15.9. The van der Waals surface area contributed by atoms with Crippen LogP contribution in [0, 0.1) is 5.92 Å². The summed E-state index contributed by atoms with van der Waals surface area (Å²) in [5, 5.41) is 3.26. The van der Waals surface area contributed by atoms with E-state index in [4.69, 9.17) is 4.74 Å². The van der Waals surface area contributed by atoms with Crippen molar-refractivity contribution in [3.05, 3.63) is 29.8 Å². The molecule has 0 heterocycles. The largest absolute Gasteiger partial charge is 0.496 e. The molecule has 3 unspecified atom stereocenters. The molecule has 0 saturated heterocycles. The lowest BCUT2D eigenvalue weighted by atomic mass is 9.98. The summed E-state index contributed by atoms with van der Waals surface area (Å²) in [7, 11) is 5.98. The molecule has 1 rings (SSSR count). The summed E-state index contributed by atoms with van der Waals surface area (Å²) < 4.78 is 5.44. The molecule has 114 valence electrons. The van der Waals surface area contributed by atoms with Gasteiger partial charge in [0.05, 0.1) is 7.11 Å². The Balaban J connectivity index is 2.67. The van der Waals surface area contributed by atoms with Crippen LogP contribution < -0.4 is 10.1 Å². The molecule has 3 nitrogen and oxygen atoms in total. The fraction of sp³-hybridized carbons (Fsp3) is 0.647. The Morgan fingerprint density at radius 1 is 1.20 bits per heavy atom. The van der Waals surface area contributed by atoms with Crippen molar-refractivity contribution in [2.75, 3.05) is 27.7 Å². The van der Waals surface area contributed by atoms with Crippen LogP contribution in [0.3, 0.4) is 0 Å². The van der Waals surface area contributed by atoms with Crippen LogP contribution in [0.5, 0.6) is 5.75 Å². The lowest BCUT2D eigenvalue weighted by Gasteiger charge is -2.35. The molecule has 3 atom stereocenters. The van der Waals surface area contributed by atoms with Gasteiger partial charge in [0, 0.05) is 12.1 Å². The number of likely N-dealkylation sites (N-methyl/N-ethyl adjacent to an activating group) is 1. The molecule has 0 aliphatic rings. The number of para-hydroxylation sites is 1. The maximum atomic E-state index is 5.44. The number of hydrogen-bond donors (Lipinski definition) is 1. The van der Waals surface area contributed by atoms with Crippen LogP contribution in [0.4, 0.5) is 0 Å². The first kappa shape index (κ1) is 17.0. The molecule has 0 aromatic heterocycles. The predicted molar refractivity (Wildman–Crippen MR) is 86.5 cm³/mol. The highest BCUT2D eigenvalue weighted by molar-refractivity contribution is 5.33. The molecule has 0 aliphatic heterocycles. The Morgan fingerprint density at radius 2 is 1.85 bits per heavy atom. The average molecular weight is 278 g/mol. The zero-order valence-electron chi connectivity index (χ0n) is 13.8. The topological polar surface area (TPSA) is 24.5 Å². The molecule has 1 aromatic rings. The minimum absolute atomic E-state index is 0.487. The van der Waals surface area contributed by atoms with E-state index in [1.54, 1.807) is 7.11 Å². The average Bonchev–Trinajstić information content (AvgIpc) is 2.46. The van der Waals surface area contributed by atoms with E-state index in [1.165, 1.54) is 5.56 Å². The van der Waals surface area contributed by atoms with Crippen LogP contribution in [0.15, 0.2) is 24.3 Å². The SMILES string of the molecule is CNCC(C)C(C)N(C)C(C)Cc1ccccc1OC. The summed E-state index contributed by atoms with van der Waals surface area (Å²) in [4.78, 5) is 2.47. The molecule has 20 heavy (non-hydrogen) atoms. The number of rotatable bonds is 8. The van der Waals surface area contributed by atoms with Crippen molar-refractivity contribution in [1.82, 2.24) is 10.2 Å². The predicted octanol–water partition coefficient (Wildman–Crippen LogP) is 2.80. The lowest BCUT2D eigenvalue weighted by molar-refractivity contribution is 0.149. The van der Waals surface area contributed by atoms with Crippen molar-refractivity contribution >= 4 is 0 Å². The van der Waals surface area contributed by atoms with Gasteiger partial charge in [-0.25, -0.2) is 0 Å². The second-order valence-electron chi connectivity index (χ2n) is 5.81. The third-order valence-corrected chi connectivity index (χ3v) is 4.40. The van der Waals surface area contributed by atoms with Gasteiger partial charge in [0.1, 0.15) is 5.75 Å². The standard InChI is InChI=1S/C17H30N2O/c1-13(12-18-4)15(3)19(5)14(2)11-16-9-7-8-10-17(16)20-6/h7-10,13-15,18H,11-12H2,1-6H3. The molecule has 3 heteroatoms. The number of benzene rings is 1. The molecule has 1 aromatic carbocycles. The third kappa shape index (κ3) is 4.50. The van der Waals surface area contributed by atoms with E-state index in [0.717, 1.165) is 18.7 Å². The molecule has 0 saturated carbocycles. The van der Waals surface area contributed by atoms with Gasteiger partial charge in [-0.15, -0.1) is 0 Å². The summed E-state index contributed by atoms with van der Waals surface area (Å²) in [6.07, 6.45) is 1.01. The first-order valence-electron chi connectivity index (χ1n) is 7.49. The van der Waals surface area contributed by atoms with Crippen LogP contribution in [0.1, 0.15) is 26.3 Å². The maximum Gasteiger partial charge on any atom is 0.122 e. The van der Waals surface area contributed by atoms with E-state index >= 15 is 0 Å². The van der Waals surface area contributed by atoms with Gasteiger partial charge in [-0.2, -0.15) is 0 Å². The summed E-state index contributed by atoms with van der Waals surface area (Å²) in [5.74, 6) is 1.62. The number of hydrogen-bond acceptors (Lipinski definition) is 3. The van der Waals surface area contributed by atoms with Gasteiger partial charge >= 0.3 is 0 Å². The first-order valence-corrected chi connectivity index (χ1v) is 7.49. The van der Waals surface area contributed by atoms with Crippen molar-refractivity contribution in [3.63, 3.8) is 0 Å². The van der Waals surface area contributed by atoms with Gasteiger partial charge in [0.25, 0.3) is 0 Å². The summed E-state index contributed by atoms with van der Waals surface area (Å²) in [5.41, 5.74) is 1.28. The zero-order valence-corrected chi connectivity index (χ0v) is 13.8. The van der Waals surface area contributed by atoms with E-state index < -0.39 is 0 Å². The monoisotopic (exact) mass is 278 g/mol. The van der Waals surface area contributed by atoms with E-state index in [0.29, 0.717) is 18.0 Å². The second-order valence-corrected chi connectivity index (χ2v) is 5.81. The van der Waals surface area contributed by atoms with Crippen LogP contribution in [-0.2, 0) is 6.42 Å². The Morgan fingerprint density at radius 3 is 2.45 bits per heavy atom.